The normalized spacial score (nSPS) is 18.9. The van der Waals surface area contributed by atoms with Gasteiger partial charge in [0.05, 0.1) is 13.2 Å². The molecule has 1 amide bonds. The molecule has 0 aromatic heterocycles. The quantitative estimate of drug-likeness (QED) is 0.563. The van der Waals surface area contributed by atoms with Gasteiger partial charge in [0.25, 0.3) is 0 Å². The van der Waals surface area contributed by atoms with E-state index in [9.17, 15) is 4.79 Å². The Labute approximate surface area is 122 Å². The van der Waals surface area contributed by atoms with Crippen LogP contribution in [-0.4, -0.2) is 52.5 Å². The molecule has 0 aromatic rings. The number of rotatable bonds is 11. The maximum Gasteiger partial charge on any atom is 0.220 e. The first-order chi connectivity index (χ1) is 9.83. The SMILES string of the molecule is COCCOCCCCNC(=O)CCC1CCCNC1. The lowest BCUT2D eigenvalue weighted by molar-refractivity contribution is -0.121. The summed E-state index contributed by atoms with van der Waals surface area (Å²) >= 11 is 0. The van der Waals surface area contributed by atoms with Crippen molar-refractivity contribution < 1.29 is 14.3 Å². The summed E-state index contributed by atoms with van der Waals surface area (Å²) in [6.07, 6.45) is 6.14. The summed E-state index contributed by atoms with van der Waals surface area (Å²) in [5.41, 5.74) is 0. The number of hydrogen-bond acceptors (Lipinski definition) is 4. The van der Waals surface area contributed by atoms with Crippen LogP contribution in [0.2, 0.25) is 0 Å². The summed E-state index contributed by atoms with van der Waals surface area (Å²) in [6.45, 7) is 5.01. The highest BCUT2D eigenvalue weighted by molar-refractivity contribution is 5.75. The van der Waals surface area contributed by atoms with Crippen molar-refractivity contribution in [1.29, 1.82) is 0 Å². The molecular weight excluding hydrogens is 256 g/mol. The van der Waals surface area contributed by atoms with Gasteiger partial charge in [-0.15, -0.1) is 0 Å². The molecule has 1 atom stereocenters. The van der Waals surface area contributed by atoms with Crippen molar-refractivity contribution in [3.8, 4) is 0 Å². The maximum absolute atomic E-state index is 11.7. The number of ether oxygens (including phenoxy) is 2. The second-order valence-corrected chi connectivity index (χ2v) is 5.41. The Kier molecular flexibility index (Phi) is 10.5. The van der Waals surface area contributed by atoms with Crippen LogP contribution in [0.25, 0.3) is 0 Å². The van der Waals surface area contributed by atoms with Crippen molar-refractivity contribution in [3.63, 3.8) is 0 Å². The molecular formula is C15H30N2O3. The molecule has 5 heteroatoms. The summed E-state index contributed by atoms with van der Waals surface area (Å²) in [5, 5.41) is 6.37. The lowest BCUT2D eigenvalue weighted by Crippen LogP contribution is -2.31. The average molecular weight is 286 g/mol. The minimum atomic E-state index is 0.191. The van der Waals surface area contributed by atoms with E-state index in [2.05, 4.69) is 10.6 Å². The van der Waals surface area contributed by atoms with E-state index in [-0.39, 0.29) is 5.91 Å². The fourth-order valence-electron chi connectivity index (χ4n) is 2.40. The first-order valence-corrected chi connectivity index (χ1v) is 7.87. The predicted molar refractivity (Wildman–Crippen MR) is 79.8 cm³/mol. The summed E-state index contributed by atoms with van der Waals surface area (Å²) in [4.78, 5) is 11.7. The summed E-state index contributed by atoms with van der Waals surface area (Å²) in [5.74, 6) is 0.875. The number of nitrogens with one attached hydrogen (secondary N) is 2. The number of piperidine rings is 1. The smallest absolute Gasteiger partial charge is 0.220 e. The Hall–Kier alpha value is -0.650. The zero-order valence-corrected chi connectivity index (χ0v) is 12.8. The average Bonchev–Trinajstić information content (AvgIpc) is 2.49. The summed E-state index contributed by atoms with van der Waals surface area (Å²) in [6, 6.07) is 0. The lowest BCUT2D eigenvalue weighted by atomic mass is 9.94. The molecule has 0 aromatic carbocycles. The number of carbonyl (C=O) groups excluding carboxylic acids is 1. The van der Waals surface area contributed by atoms with Crippen LogP contribution in [0.4, 0.5) is 0 Å². The van der Waals surface area contributed by atoms with Gasteiger partial charge < -0.3 is 20.1 Å². The van der Waals surface area contributed by atoms with Crippen LogP contribution in [0.3, 0.4) is 0 Å². The molecule has 1 fully saturated rings. The predicted octanol–water partition coefficient (Wildman–Crippen LogP) is 1.33. The molecule has 0 aliphatic carbocycles. The van der Waals surface area contributed by atoms with Gasteiger partial charge in [-0.1, -0.05) is 0 Å². The molecule has 1 unspecified atom stereocenters. The van der Waals surface area contributed by atoms with Gasteiger partial charge in [-0.25, -0.2) is 0 Å². The van der Waals surface area contributed by atoms with Crippen molar-refractivity contribution >= 4 is 5.91 Å². The summed E-state index contributed by atoms with van der Waals surface area (Å²) < 4.78 is 10.3. The molecule has 1 rings (SSSR count). The van der Waals surface area contributed by atoms with Crippen LogP contribution in [-0.2, 0) is 14.3 Å². The van der Waals surface area contributed by atoms with Crippen molar-refractivity contribution in [2.24, 2.45) is 5.92 Å². The second kappa shape index (κ2) is 12.1. The monoisotopic (exact) mass is 286 g/mol. The van der Waals surface area contributed by atoms with Gasteiger partial charge in [0.2, 0.25) is 5.91 Å². The van der Waals surface area contributed by atoms with Gasteiger partial charge in [0.15, 0.2) is 0 Å². The number of unbranched alkanes of at least 4 members (excludes halogenated alkanes) is 1. The zero-order valence-electron chi connectivity index (χ0n) is 12.8. The fraction of sp³-hybridized carbons (Fsp3) is 0.933. The highest BCUT2D eigenvalue weighted by Gasteiger charge is 2.13. The van der Waals surface area contributed by atoms with Crippen molar-refractivity contribution in [2.75, 3.05) is 46.6 Å². The summed E-state index contributed by atoms with van der Waals surface area (Å²) in [7, 11) is 1.67. The second-order valence-electron chi connectivity index (χ2n) is 5.41. The molecule has 0 spiro atoms. The maximum atomic E-state index is 11.7. The molecule has 1 aliphatic rings. The van der Waals surface area contributed by atoms with E-state index in [1.807, 2.05) is 0 Å². The Morgan fingerprint density at radius 2 is 2.20 bits per heavy atom. The number of methoxy groups -OCH3 is 1. The minimum absolute atomic E-state index is 0.191. The molecule has 5 nitrogen and oxygen atoms in total. The molecule has 0 saturated carbocycles. The van der Waals surface area contributed by atoms with E-state index in [4.69, 9.17) is 9.47 Å². The topological polar surface area (TPSA) is 59.6 Å². The highest BCUT2D eigenvalue weighted by Crippen LogP contribution is 2.15. The number of carbonyl (C=O) groups is 1. The van der Waals surface area contributed by atoms with Gasteiger partial charge in [0, 0.05) is 26.7 Å². The third-order valence-corrected chi connectivity index (χ3v) is 3.65. The Morgan fingerprint density at radius 3 is 2.95 bits per heavy atom. The van der Waals surface area contributed by atoms with Crippen LogP contribution < -0.4 is 10.6 Å². The largest absolute Gasteiger partial charge is 0.382 e. The number of amides is 1. The Bertz CT molecular complexity index is 243. The molecule has 118 valence electrons. The van der Waals surface area contributed by atoms with Crippen LogP contribution >= 0.6 is 0 Å². The molecule has 1 saturated heterocycles. The van der Waals surface area contributed by atoms with Crippen LogP contribution in [0.1, 0.15) is 38.5 Å². The lowest BCUT2D eigenvalue weighted by Gasteiger charge is -2.22. The molecule has 2 N–H and O–H groups in total. The van der Waals surface area contributed by atoms with Crippen LogP contribution in [0, 0.1) is 5.92 Å². The van der Waals surface area contributed by atoms with E-state index in [0.717, 1.165) is 45.5 Å². The molecule has 1 heterocycles. The highest BCUT2D eigenvalue weighted by atomic mass is 16.5. The van der Waals surface area contributed by atoms with Gasteiger partial charge in [-0.3, -0.25) is 4.79 Å². The van der Waals surface area contributed by atoms with E-state index in [1.165, 1.54) is 12.8 Å². The van der Waals surface area contributed by atoms with E-state index < -0.39 is 0 Å². The van der Waals surface area contributed by atoms with Gasteiger partial charge in [-0.2, -0.15) is 0 Å². The van der Waals surface area contributed by atoms with Crippen molar-refractivity contribution in [2.45, 2.75) is 38.5 Å². The first-order valence-electron chi connectivity index (χ1n) is 7.87. The third-order valence-electron chi connectivity index (χ3n) is 3.65. The Morgan fingerprint density at radius 1 is 1.30 bits per heavy atom. The minimum Gasteiger partial charge on any atom is -0.382 e. The standard InChI is InChI=1S/C15H30N2O3/c1-19-11-12-20-10-3-2-9-17-15(18)7-6-14-5-4-8-16-13-14/h14,16H,2-13H2,1H3,(H,17,18). The van der Waals surface area contributed by atoms with Crippen molar-refractivity contribution in [3.05, 3.63) is 0 Å². The Balaban J connectivity index is 1.84. The van der Waals surface area contributed by atoms with Gasteiger partial charge in [0.1, 0.15) is 0 Å². The van der Waals surface area contributed by atoms with Crippen LogP contribution in [0.15, 0.2) is 0 Å². The third kappa shape index (κ3) is 9.28. The van der Waals surface area contributed by atoms with E-state index in [0.29, 0.717) is 25.6 Å². The van der Waals surface area contributed by atoms with Crippen LogP contribution in [0.5, 0.6) is 0 Å². The first kappa shape index (κ1) is 17.4. The zero-order chi connectivity index (χ0) is 14.5. The molecule has 1 aliphatic heterocycles. The fourth-order valence-corrected chi connectivity index (χ4v) is 2.40. The molecule has 0 bridgehead atoms. The molecule has 20 heavy (non-hydrogen) atoms. The number of hydrogen-bond donors (Lipinski definition) is 2. The van der Waals surface area contributed by atoms with E-state index in [1.54, 1.807) is 7.11 Å². The van der Waals surface area contributed by atoms with Crippen molar-refractivity contribution in [1.82, 2.24) is 10.6 Å². The molecule has 0 radical (unpaired) electrons. The van der Waals surface area contributed by atoms with Gasteiger partial charge >= 0.3 is 0 Å². The van der Waals surface area contributed by atoms with Gasteiger partial charge in [-0.05, 0) is 51.1 Å². The van der Waals surface area contributed by atoms with E-state index >= 15 is 0 Å².